The van der Waals surface area contributed by atoms with Crippen LogP contribution >= 0.6 is 15.9 Å². The van der Waals surface area contributed by atoms with E-state index < -0.39 is 6.04 Å². The summed E-state index contributed by atoms with van der Waals surface area (Å²) in [5.41, 5.74) is 0.965. The molecule has 7 heteroatoms. The van der Waals surface area contributed by atoms with Gasteiger partial charge in [-0.25, -0.2) is 0 Å². The van der Waals surface area contributed by atoms with Crippen LogP contribution in [0.15, 0.2) is 53.0 Å². The number of rotatable bonds is 10. The van der Waals surface area contributed by atoms with Crippen LogP contribution in [0.4, 0.5) is 0 Å². The normalized spacial score (nSPS) is 11.4. The van der Waals surface area contributed by atoms with Crippen LogP contribution in [-0.4, -0.2) is 43.5 Å². The van der Waals surface area contributed by atoms with Crippen LogP contribution < -0.4 is 14.8 Å². The van der Waals surface area contributed by atoms with Gasteiger partial charge in [-0.15, -0.1) is 0 Å². The van der Waals surface area contributed by atoms with Crippen molar-refractivity contribution in [2.75, 3.05) is 20.8 Å². The van der Waals surface area contributed by atoms with Crippen molar-refractivity contribution < 1.29 is 19.1 Å². The third-order valence-corrected chi connectivity index (χ3v) is 5.07. The molecule has 156 valence electrons. The summed E-state index contributed by atoms with van der Waals surface area (Å²) >= 11 is 3.41. The Kier molecular flexibility index (Phi) is 8.99. The minimum Gasteiger partial charge on any atom is -0.497 e. The summed E-state index contributed by atoms with van der Waals surface area (Å²) in [5.74, 6) is 1.22. The summed E-state index contributed by atoms with van der Waals surface area (Å²) in [6.07, 6.45) is 0.857. The van der Waals surface area contributed by atoms with Gasteiger partial charge in [-0.1, -0.05) is 28.1 Å². The van der Waals surface area contributed by atoms with Crippen molar-refractivity contribution in [1.29, 1.82) is 0 Å². The molecule has 0 aliphatic heterocycles. The van der Waals surface area contributed by atoms with Crippen molar-refractivity contribution >= 4 is 27.7 Å². The Morgan fingerprint density at radius 1 is 1.07 bits per heavy atom. The first-order valence-corrected chi connectivity index (χ1v) is 10.3. The van der Waals surface area contributed by atoms with Gasteiger partial charge in [0.25, 0.3) is 0 Å². The van der Waals surface area contributed by atoms with Gasteiger partial charge in [0.15, 0.2) is 0 Å². The van der Waals surface area contributed by atoms with Gasteiger partial charge in [-0.05, 0) is 55.3 Å². The van der Waals surface area contributed by atoms with Crippen molar-refractivity contribution in [2.24, 2.45) is 0 Å². The predicted molar refractivity (Wildman–Crippen MR) is 116 cm³/mol. The minimum atomic E-state index is -0.557. The molecule has 2 aromatic carbocycles. The fraction of sp³-hybridized carbons (Fsp3) is 0.364. The monoisotopic (exact) mass is 462 g/mol. The Labute approximate surface area is 180 Å². The molecule has 0 aromatic heterocycles. The Balaban J connectivity index is 1.93. The molecule has 0 aliphatic carbocycles. The third kappa shape index (κ3) is 7.09. The van der Waals surface area contributed by atoms with E-state index in [-0.39, 0.29) is 11.8 Å². The van der Waals surface area contributed by atoms with E-state index in [0.29, 0.717) is 26.0 Å². The van der Waals surface area contributed by atoms with Crippen molar-refractivity contribution in [3.63, 3.8) is 0 Å². The van der Waals surface area contributed by atoms with Crippen LogP contribution in [0, 0.1) is 0 Å². The Morgan fingerprint density at radius 3 is 2.28 bits per heavy atom. The highest BCUT2D eigenvalue weighted by Gasteiger charge is 2.25. The number of nitrogens with one attached hydrogen (secondary N) is 1. The van der Waals surface area contributed by atoms with Crippen LogP contribution in [0.25, 0.3) is 0 Å². The first-order chi connectivity index (χ1) is 13.9. The van der Waals surface area contributed by atoms with Gasteiger partial charge in [0, 0.05) is 24.5 Å². The maximum absolute atomic E-state index is 12.8. The lowest BCUT2D eigenvalue weighted by molar-refractivity contribution is -0.140. The van der Waals surface area contributed by atoms with E-state index in [1.165, 1.54) is 0 Å². The number of methoxy groups -OCH3 is 1. The topological polar surface area (TPSA) is 67.9 Å². The zero-order valence-electron chi connectivity index (χ0n) is 17.0. The fourth-order valence-corrected chi connectivity index (χ4v) is 3.07. The maximum Gasteiger partial charge on any atom is 0.242 e. The summed E-state index contributed by atoms with van der Waals surface area (Å²) in [5, 5.41) is 2.62. The fourth-order valence-electron chi connectivity index (χ4n) is 2.81. The van der Waals surface area contributed by atoms with Gasteiger partial charge >= 0.3 is 0 Å². The summed E-state index contributed by atoms with van der Waals surface area (Å²) < 4.78 is 11.8. The highest BCUT2D eigenvalue weighted by atomic mass is 79.9. The molecule has 29 heavy (non-hydrogen) atoms. The van der Waals surface area contributed by atoms with Crippen molar-refractivity contribution in [3.8, 4) is 11.5 Å². The average molecular weight is 463 g/mol. The first-order valence-electron chi connectivity index (χ1n) is 9.47. The second-order valence-corrected chi connectivity index (χ2v) is 7.48. The van der Waals surface area contributed by atoms with E-state index >= 15 is 0 Å². The minimum absolute atomic E-state index is 0.0812. The van der Waals surface area contributed by atoms with Crippen LogP contribution in [0.5, 0.6) is 11.5 Å². The largest absolute Gasteiger partial charge is 0.497 e. The second kappa shape index (κ2) is 11.5. The van der Waals surface area contributed by atoms with Gasteiger partial charge in [0.2, 0.25) is 11.8 Å². The molecule has 0 aliphatic rings. The molecule has 0 saturated carbocycles. The van der Waals surface area contributed by atoms with E-state index in [1.807, 2.05) is 48.5 Å². The Bertz CT molecular complexity index is 793. The molecule has 2 amide bonds. The van der Waals surface area contributed by atoms with E-state index in [0.717, 1.165) is 21.5 Å². The molecule has 6 nitrogen and oxygen atoms in total. The van der Waals surface area contributed by atoms with Gasteiger partial charge in [-0.2, -0.15) is 0 Å². The Morgan fingerprint density at radius 2 is 1.69 bits per heavy atom. The van der Waals surface area contributed by atoms with Crippen molar-refractivity contribution in [2.45, 2.75) is 32.4 Å². The molecular weight excluding hydrogens is 436 g/mol. The highest BCUT2D eigenvalue weighted by molar-refractivity contribution is 9.10. The molecule has 1 atom stereocenters. The second-order valence-electron chi connectivity index (χ2n) is 6.57. The summed E-state index contributed by atoms with van der Waals surface area (Å²) in [6.45, 7) is 2.53. The number of nitrogens with zero attached hydrogens (tertiary/aromatic N) is 1. The Hall–Kier alpha value is -2.54. The number of hydrogen-bond donors (Lipinski definition) is 1. The van der Waals surface area contributed by atoms with Crippen molar-refractivity contribution in [1.82, 2.24) is 10.2 Å². The van der Waals surface area contributed by atoms with Gasteiger partial charge in [0.1, 0.15) is 17.5 Å². The molecule has 1 N–H and O–H groups in total. The van der Waals surface area contributed by atoms with Crippen molar-refractivity contribution in [3.05, 3.63) is 58.6 Å². The molecule has 0 unspecified atom stereocenters. The van der Waals surface area contributed by atoms with Crippen LogP contribution in [0.2, 0.25) is 0 Å². The average Bonchev–Trinajstić information content (AvgIpc) is 2.75. The summed E-state index contributed by atoms with van der Waals surface area (Å²) in [4.78, 5) is 26.6. The zero-order valence-corrected chi connectivity index (χ0v) is 18.6. The molecule has 0 saturated heterocycles. The number of likely N-dealkylation sites (N-methyl/N-ethyl adjacent to an activating group) is 1. The number of benzene rings is 2. The van der Waals surface area contributed by atoms with Gasteiger partial charge in [-0.3, -0.25) is 9.59 Å². The highest BCUT2D eigenvalue weighted by Crippen LogP contribution is 2.18. The quantitative estimate of drug-likeness (QED) is 0.545. The SMILES string of the molecule is CNC(=O)[C@@H](C)N(Cc1ccc(Br)cc1)C(=O)CCCOc1ccc(OC)cc1. The smallest absolute Gasteiger partial charge is 0.242 e. The molecule has 0 fully saturated rings. The number of carbonyl (C=O) groups is 2. The lowest BCUT2D eigenvalue weighted by Crippen LogP contribution is -2.46. The summed E-state index contributed by atoms with van der Waals surface area (Å²) in [7, 11) is 3.19. The van der Waals surface area contributed by atoms with Crippen LogP contribution in [0.1, 0.15) is 25.3 Å². The van der Waals surface area contributed by atoms with Gasteiger partial charge in [0.05, 0.1) is 13.7 Å². The lowest BCUT2D eigenvalue weighted by atomic mass is 10.1. The van der Waals surface area contributed by atoms with E-state index in [4.69, 9.17) is 9.47 Å². The molecule has 2 aromatic rings. The summed E-state index contributed by atoms with van der Waals surface area (Å²) in [6, 6.07) is 14.5. The number of amides is 2. The number of ether oxygens (including phenoxy) is 2. The molecular formula is C22H27BrN2O4. The number of carbonyl (C=O) groups excluding carboxylic acids is 2. The third-order valence-electron chi connectivity index (χ3n) is 4.54. The van der Waals surface area contributed by atoms with E-state index in [2.05, 4.69) is 21.2 Å². The maximum atomic E-state index is 12.8. The first kappa shape index (κ1) is 22.7. The van der Waals surface area contributed by atoms with Gasteiger partial charge < -0.3 is 19.7 Å². The number of hydrogen-bond acceptors (Lipinski definition) is 4. The lowest BCUT2D eigenvalue weighted by Gasteiger charge is -2.28. The van der Waals surface area contributed by atoms with Crippen LogP contribution in [-0.2, 0) is 16.1 Å². The number of halogens is 1. The predicted octanol–water partition coefficient (Wildman–Crippen LogP) is 3.78. The van der Waals surface area contributed by atoms with E-state index in [9.17, 15) is 9.59 Å². The van der Waals surface area contributed by atoms with E-state index in [1.54, 1.807) is 26.0 Å². The molecule has 0 radical (unpaired) electrons. The molecule has 2 rings (SSSR count). The zero-order chi connectivity index (χ0) is 21.2. The van der Waals surface area contributed by atoms with Crippen LogP contribution in [0.3, 0.4) is 0 Å². The standard InChI is InChI=1S/C22H27BrN2O4/c1-16(22(27)24-2)25(15-17-6-8-18(23)9-7-17)21(26)5-4-14-29-20-12-10-19(28-3)11-13-20/h6-13,16H,4-5,14-15H2,1-3H3,(H,24,27)/t16-/m1/s1. The molecule has 0 spiro atoms. The molecule has 0 bridgehead atoms. The molecule has 0 heterocycles.